The molecule has 0 unspecified atom stereocenters. The molecular weight excluding hydrogens is 400 g/mol. The first kappa shape index (κ1) is 23.6. The second kappa shape index (κ2) is 12.1. The summed E-state index contributed by atoms with van der Waals surface area (Å²) in [6.07, 6.45) is 3.48. The number of aromatic amines is 1. The predicted molar refractivity (Wildman–Crippen MR) is 112 cm³/mol. The van der Waals surface area contributed by atoms with Crippen molar-refractivity contribution in [1.29, 1.82) is 0 Å². The number of nitrogens with two attached hydrogens (primary N) is 1. The molecule has 0 aliphatic rings. The van der Waals surface area contributed by atoms with Crippen molar-refractivity contribution in [3.8, 4) is 0 Å². The fourth-order valence-corrected chi connectivity index (χ4v) is 2.57. The lowest BCUT2D eigenvalue weighted by Crippen LogP contribution is -2.42. The van der Waals surface area contributed by atoms with Crippen molar-refractivity contribution in [2.24, 2.45) is 5.73 Å². The summed E-state index contributed by atoms with van der Waals surface area (Å²) in [5, 5.41) is 11.3. The van der Waals surface area contributed by atoms with E-state index >= 15 is 0 Å². The van der Waals surface area contributed by atoms with Gasteiger partial charge in [0, 0.05) is 41.8 Å². The van der Waals surface area contributed by atoms with Gasteiger partial charge < -0.3 is 21.1 Å². The number of benzene rings is 1. The zero-order chi connectivity index (χ0) is 21.1. The molecule has 2 rings (SSSR count). The highest BCUT2D eigenvalue weighted by Gasteiger charge is 2.19. The number of hydrogen-bond acceptors (Lipinski definition) is 6. The molecule has 2 amide bonds. The molecule has 0 saturated heterocycles. The summed E-state index contributed by atoms with van der Waals surface area (Å²) in [5.41, 5.74) is 8.35. The quantitative estimate of drug-likeness (QED) is 0.357. The fourth-order valence-electron chi connectivity index (χ4n) is 2.20. The van der Waals surface area contributed by atoms with E-state index in [4.69, 9.17) is 10.8 Å². The Morgan fingerprint density at radius 2 is 1.82 bits per heavy atom. The summed E-state index contributed by atoms with van der Waals surface area (Å²) >= 11 is 8.27. The first-order chi connectivity index (χ1) is 13.3. The minimum Gasteiger partial charge on any atom is -0.480 e. The molecule has 0 aliphatic carbocycles. The molecule has 5 N–H and O–H groups in total. The van der Waals surface area contributed by atoms with Crippen LogP contribution in [-0.2, 0) is 27.5 Å². The monoisotopic (exact) mass is 424 g/mol. The molecule has 1 heterocycles. The van der Waals surface area contributed by atoms with E-state index in [1.807, 2.05) is 6.07 Å². The Kier molecular flexibility index (Phi) is 10.2. The third kappa shape index (κ3) is 8.05. The number of aromatic nitrogens is 2. The van der Waals surface area contributed by atoms with Gasteiger partial charge >= 0.3 is 5.97 Å². The molecule has 1 aromatic carbocycles. The van der Waals surface area contributed by atoms with Crippen molar-refractivity contribution in [2.45, 2.75) is 37.3 Å². The van der Waals surface area contributed by atoms with Crippen molar-refractivity contribution >= 4 is 43.0 Å². The van der Waals surface area contributed by atoms with Crippen molar-refractivity contribution in [1.82, 2.24) is 15.3 Å². The van der Waals surface area contributed by atoms with E-state index in [0.29, 0.717) is 22.8 Å². The first-order valence-corrected chi connectivity index (χ1v) is 9.70. The molecular formula is C18H24N4O4S2. The predicted octanol–water partition coefficient (Wildman–Crippen LogP) is 1.58. The first-order valence-electron chi connectivity index (χ1n) is 8.44. The Bertz CT molecular complexity index is 775. The van der Waals surface area contributed by atoms with Gasteiger partial charge in [-0.2, -0.15) is 25.3 Å². The van der Waals surface area contributed by atoms with E-state index in [2.05, 4.69) is 40.5 Å². The van der Waals surface area contributed by atoms with Gasteiger partial charge in [-0.3, -0.25) is 9.59 Å². The molecule has 0 radical (unpaired) electrons. The van der Waals surface area contributed by atoms with Gasteiger partial charge in [0.05, 0.1) is 6.33 Å². The summed E-state index contributed by atoms with van der Waals surface area (Å²) in [7, 11) is 0. The van der Waals surface area contributed by atoms with Crippen LogP contribution in [0.15, 0.2) is 30.7 Å². The smallest absolute Gasteiger partial charge is 0.326 e. The van der Waals surface area contributed by atoms with E-state index < -0.39 is 17.9 Å². The summed E-state index contributed by atoms with van der Waals surface area (Å²) in [4.78, 5) is 39.4. The molecule has 28 heavy (non-hydrogen) atoms. The third-order valence-corrected chi connectivity index (χ3v) is 4.37. The van der Waals surface area contributed by atoms with Crippen molar-refractivity contribution in [3.05, 3.63) is 53.1 Å². The number of carboxylic acids is 1. The summed E-state index contributed by atoms with van der Waals surface area (Å²) < 4.78 is 0. The van der Waals surface area contributed by atoms with E-state index in [-0.39, 0.29) is 18.7 Å². The van der Waals surface area contributed by atoms with Gasteiger partial charge in [-0.15, -0.1) is 0 Å². The summed E-state index contributed by atoms with van der Waals surface area (Å²) in [5.74, 6) is -0.538. The highest BCUT2D eigenvalue weighted by molar-refractivity contribution is 7.79. The van der Waals surface area contributed by atoms with Gasteiger partial charge in [0.1, 0.15) is 6.04 Å². The van der Waals surface area contributed by atoms with E-state index in [0.717, 1.165) is 11.1 Å². The highest BCUT2D eigenvalue weighted by atomic mass is 32.1. The van der Waals surface area contributed by atoms with Gasteiger partial charge in [0.15, 0.2) is 0 Å². The van der Waals surface area contributed by atoms with Crippen LogP contribution in [0.25, 0.3) is 0 Å². The number of amides is 2. The fraction of sp³-hybridized carbons (Fsp3) is 0.333. The molecule has 10 heteroatoms. The second-order valence-electron chi connectivity index (χ2n) is 5.81. The van der Waals surface area contributed by atoms with Crippen molar-refractivity contribution in [3.63, 3.8) is 0 Å². The number of hydrogen-bond donors (Lipinski definition) is 6. The topological polar surface area (TPSA) is 138 Å². The van der Waals surface area contributed by atoms with Crippen LogP contribution in [-0.4, -0.2) is 38.9 Å². The number of carboxylic acid groups (broad SMARTS) is 1. The van der Waals surface area contributed by atoms with Gasteiger partial charge in [0.2, 0.25) is 11.8 Å². The van der Waals surface area contributed by atoms with Crippen LogP contribution in [0.3, 0.4) is 0 Å². The molecule has 0 aliphatic heterocycles. The minimum absolute atomic E-state index is 0.209. The molecule has 0 bridgehead atoms. The average molecular weight is 425 g/mol. The SMILES string of the molecule is CCC(=O)N[C@@H](Cc1cnc[nH]1)C(=O)O.NC(=O)c1cc(CS)cc(CS)c1. The number of carbonyl (C=O) groups excluding carboxylic acids is 2. The Balaban J connectivity index is 0.000000283. The standard InChI is InChI=1S/C9H13N3O3.C9H11NOS2/c1-2-8(13)12-7(9(14)15)3-6-4-10-5-11-6;10-9(11)8-2-6(4-12)1-7(3-8)5-13/h4-5,7H,2-3H2,1H3,(H,10,11)(H,12,13)(H,14,15);1-3,12-13H,4-5H2,(H2,10,11)/t7-;/m0./s1. The van der Waals surface area contributed by atoms with Gasteiger partial charge in [-0.1, -0.05) is 13.0 Å². The second-order valence-corrected chi connectivity index (χ2v) is 6.44. The number of nitrogens with one attached hydrogen (secondary N) is 2. The maximum Gasteiger partial charge on any atom is 0.326 e. The molecule has 0 fully saturated rings. The number of imidazole rings is 1. The lowest BCUT2D eigenvalue weighted by atomic mass is 10.1. The number of primary amides is 1. The van der Waals surface area contributed by atoms with Gasteiger partial charge in [0.25, 0.3) is 0 Å². The van der Waals surface area contributed by atoms with Crippen LogP contribution in [0, 0.1) is 0 Å². The third-order valence-electron chi connectivity index (χ3n) is 3.64. The molecule has 8 nitrogen and oxygen atoms in total. The Labute approximate surface area is 174 Å². The molecule has 1 atom stereocenters. The minimum atomic E-state index is -1.05. The van der Waals surface area contributed by atoms with Crippen LogP contribution in [0.1, 0.15) is 40.5 Å². The molecule has 2 aromatic rings. The van der Waals surface area contributed by atoms with E-state index in [1.165, 1.54) is 12.5 Å². The number of rotatable bonds is 8. The molecule has 0 spiro atoms. The summed E-state index contributed by atoms with van der Waals surface area (Å²) in [6, 6.07) is 4.56. The van der Waals surface area contributed by atoms with Crippen LogP contribution in [0.2, 0.25) is 0 Å². The lowest BCUT2D eigenvalue weighted by molar-refractivity contribution is -0.141. The molecule has 1 aromatic heterocycles. The van der Waals surface area contributed by atoms with Crippen LogP contribution in [0.5, 0.6) is 0 Å². The number of thiol groups is 2. The average Bonchev–Trinajstić information content (AvgIpc) is 3.20. The van der Waals surface area contributed by atoms with Crippen molar-refractivity contribution < 1.29 is 19.5 Å². The van der Waals surface area contributed by atoms with Crippen LogP contribution >= 0.6 is 25.3 Å². The zero-order valence-corrected chi connectivity index (χ0v) is 17.2. The van der Waals surface area contributed by atoms with E-state index in [1.54, 1.807) is 19.1 Å². The maximum absolute atomic E-state index is 11.1. The maximum atomic E-state index is 11.1. The van der Waals surface area contributed by atoms with Crippen LogP contribution in [0.4, 0.5) is 0 Å². The number of aliphatic carboxylic acids is 1. The Morgan fingerprint density at radius 1 is 1.21 bits per heavy atom. The summed E-state index contributed by atoms with van der Waals surface area (Å²) in [6.45, 7) is 1.67. The largest absolute Gasteiger partial charge is 0.480 e. The zero-order valence-electron chi connectivity index (χ0n) is 15.4. The van der Waals surface area contributed by atoms with E-state index in [9.17, 15) is 14.4 Å². The van der Waals surface area contributed by atoms with Gasteiger partial charge in [-0.25, -0.2) is 9.78 Å². The lowest BCUT2D eigenvalue weighted by Gasteiger charge is -2.12. The Morgan fingerprint density at radius 3 is 2.21 bits per heavy atom. The van der Waals surface area contributed by atoms with Gasteiger partial charge in [-0.05, 0) is 23.3 Å². The van der Waals surface area contributed by atoms with Crippen molar-refractivity contribution in [2.75, 3.05) is 0 Å². The number of nitrogens with zero attached hydrogens (tertiary/aromatic N) is 1. The van der Waals surface area contributed by atoms with Crippen LogP contribution < -0.4 is 11.1 Å². The highest BCUT2D eigenvalue weighted by Crippen LogP contribution is 2.13. The molecule has 152 valence electrons. The Hall–Kier alpha value is -2.46. The normalized spacial score (nSPS) is 11.1. The number of carbonyl (C=O) groups is 3. The molecule has 0 saturated carbocycles. The number of H-pyrrole nitrogens is 1.